The molecule has 0 aliphatic heterocycles. The number of ether oxygens (including phenoxy) is 1. The normalized spacial score (nSPS) is 9.67. The van der Waals surface area contributed by atoms with Gasteiger partial charge < -0.3 is 15.6 Å². The minimum Gasteiger partial charge on any atom is -0.493 e. The first-order valence-electron chi connectivity index (χ1n) is 6.14. The summed E-state index contributed by atoms with van der Waals surface area (Å²) in [4.78, 5) is 33.5. The van der Waals surface area contributed by atoms with Crippen molar-refractivity contribution in [1.82, 2.24) is 0 Å². The second-order valence-electron chi connectivity index (χ2n) is 4.19. The van der Waals surface area contributed by atoms with Gasteiger partial charge in [-0.15, -0.1) is 0 Å². The highest BCUT2D eigenvalue weighted by atomic mass is 16.5. The lowest BCUT2D eigenvalue weighted by atomic mass is 10.0. The average Bonchev–Trinajstić information content (AvgIpc) is 2.44. The maximum absolute atomic E-state index is 11.9. The van der Waals surface area contributed by atoms with Gasteiger partial charge in [-0.25, -0.2) is 4.79 Å². The van der Waals surface area contributed by atoms with Crippen LogP contribution in [-0.2, 0) is 9.59 Å². The van der Waals surface area contributed by atoms with E-state index in [1.54, 1.807) is 0 Å². The fourth-order valence-corrected chi connectivity index (χ4v) is 1.54. The Balaban J connectivity index is 2.86. The van der Waals surface area contributed by atoms with Gasteiger partial charge in [0.1, 0.15) is 5.75 Å². The van der Waals surface area contributed by atoms with Crippen LogP contribution in [0.25, 0.3) is 0 Å². The number of carboxylic acids is 1. The van der Waals surface area contributed by atoms with E-state index in [0.29, 0.717) is 18.5 Å². The smallest absolute Gasteiger partial charge is 0.372 e. The number of nitrogens with zero attached hydrogens (tertiary/aromatic N) is 1. The summed E-state index contributed by atoms with van der Waals surface area (Å²) < 4.78 is 5.37. The number of nitrogen functional groups attached to an aromatic ring is 1. The molecule has 3 N–H and O–H groups in total. The third kappa shape index (κ3) is 4.95. The number of ketones is 2. The Morgan fingerprint density at radius 2 is 2.05 bits per heavy atom. The lowest BCUT2D eigenvalue weighted by Crippen LogP contribution is -2.18. The van der Waals surface area contributed by atoms with Gasteiger partial charge >= 0.3 is 5.97 Å². The van der Waals surface area contributed by atoms with Crippen molar-refractivity contribution in [2.75, 3.05) is 12.3 Å². The zero-order valence-electron chi connectivity index (χ0n) is 11.2. The molecule has 0 radical (unpaired) electrons. The van der Waals surface area contributed by atoms with E-state index in [-0.39, 0.29) is 17.9 Å². The van der Waals surface area contributed by atoms with Crippen LogP contribution in [0.3, 0.4) is 0 Å². The molecule has 0 heterocycles. The summed E-state index contributed by atoms with van der Waals surface area (Å²) in [6.07, 6.45) is 0.0473. The summed E-state index contributed by atoms with van der Waals surface area (Å²) in [6, 6.07) is 6.29. The maximum atomic E-state index is 11.9. The minimum atomic E-state index is -1.66. The summed E-state index contributed by atoms with van der Waals surface area (Å²) >= 11 is 0. The number of nitrogens with two attached hydrogens (primary N) is 1. The summed E-state index contributed by atoms with van der Waals surface area (Å²) in [5.74, 6) is -3.32. The Bertz CT molecular complexity index is 604. The fraction of sp³-hybridized carbons (Fsp3) is 0.286. The molecule has 0 aromatic heterocycles. The van der Waals surface area contributed by atoms with Crippen molar-refractivity contribution in [3.8, 4) is 11.8 Å². The van der Waals surface area contributed by atoms with Crippen molar-refractivity contribution in [3.63, 3.8) is 0 Å². The van der Waals surface area contributed by atoms with Crippen molar-refractivity contribution < 1.29 is 24.2 Å². The zero-order chi connectivity index (χ0) is 15.8. The minimum absolute atomic E-state index is 0.0570. The van der Waals surface area contributed by atoms with Gasteiger partial charge in [-0.2, -0.15) is 5.26 Å². The number of hydrogen-bond donors (Lipinski definition) is 2. The Kier molecular flexibility index (Phi) is 5.89. The van der Waals surface area contributed by atoms with Gasteiger partial charge in [0, 0.05) is 12.1 Å². The summed E-state index contributed by atoms with van der Waals surface area (Å²) in [6.45, 7) is 0.227. The number of carbonyl (C=O) groups is 3. The van der Waals surface area contributed by atoms with E-state index in [4.69, 9.17) is 20.8 Å². The first-order chi connectivity index (χ1) is 9.95. The maximum Gasteiger partial charge on any atom is 0.372 e. The van der Waals surface area contributed by atoms with Crippen molar-refractivity contribution in [2.45, 2.75) is 19.3 Å². The number of carbonyl (C=O) groups excluding carboxylic acids is 2. The molecule has 0 atom stereocenters. The second-order valence-corrected chi connectivity index (χ2v) is 4.19. The number of anilines is 1. The molecular weight excluding hydrogens is 276 g/mol. The van der Waals surface area contributed by atoms with Gasteiger partial charge in [-0.05, 0) is 24.6 Å². The van der Waals surface area contributed by atoms with Crippen molar-refractivity contribution in [2.24, 2.45) is 0 Å². The SMILES string of the molecule is N#CCCCOc1ccc(N)cc1C(=O)CC(=O)C(=O)O. The van der Waals surface area contributed by atoms with Crippen molar-refractivity contribution >= 4 is 23.2 Å². The Labute approximate surface area is 120 Å². The number of rotatable bonds is 8. The second kappa shape index (κ2) is 7.65. The van der Waals surface area contributed by atoms with Crippen LogP contribution in [0, 0.1) is 11.3 Å². The predicted octanol–water partition coefficient (Wildman–Crippen LogP) is 1.18. The molecule has 0 saturated heterocycles. The van der Waals surface area contributed by atoms with Crippen LogP contribution in [0.15, 0.2) is 18.2 Å². The van der Waals surface area contributed by atoms with Crippen molar-refractivity contribution in [1.29, 1.82) is 5.26 Å². The summed E-state index contributed by atoms with van der Waals surface area (Å²) in [5, 5.41) is 16.9. The molecule has 0 amide bonds. The molecule has 0 aliphatic rings. The molecule has 0 unspecified atom stereocenters. The van der Waals surface area contributed by atoms with E-state index in [1.165, 1.54) is 18.2 Å². The topological polar surface area (TPSA) is 130 Å². The van der Waals surface area contributed by atoms with E-state index >= 15 is 0 Å². The predicted molar refractivity (Wildman–Crippen MR) is 72.8 cm³/mol. The first kappa shape index (κ1) is 16.2. The van der Waals surface area contributed by atoms with Crippen LogP contribution >= 0.6 is 0 Å². The lowest BCUT2D eigenvalue weighted by Gasteiger charge is -2.10. The van der Waals surface area contributed by atoms with Crippen LogP contribution in [0.4, 0.5) is 5.69 Å². The van der Waals surface area contributed by atoms with E-state index in [2.05, 4.69) is 0 Å². The van der Waals surface area contributed by atoms with Gasteiger partial charge in [0.2, 0.25) is 5.78 Å². The molecule has 1 aromatic rings. The van der Waals surface area contributed by atoms with E-state index in [1.807, 2.05) is 6.07 Å². The highest BCUT2D eigenvalue weighted by Crippen LogP contribution is 2.23. The molecule has 0 bridgehead atoms. The number of unbranched alkanes of at least 4 members (excludes halogenated alkanes) is 1. The molecule has 1 aromatic carbocycles. The standard InChI is InChI=1S/C14H14N2O5/c15-5-1-2-6-21-13-4-3-9(16)7-10(13)11(17)8-12(18)14(19)20/h3-4,7H,1-2,6,8,16H2,(H,19,20). The third-order valence-electron chi connectivity index (χ3n) is 2.55. The molecule has 0 aliphatic carbocycles. The van der Waals surface area contributed by atoms with Crippen LogP contribution in [0.1, 0.15) is 29.6 Å². The Hall–Kier alpha value is -2.88. The molecular formula is C14H14N2O5. The Morgan fingerprint density at radius 1 is 1.33 bits per heavy atom. The summed E-state index contributed by atoms with van der Waals surface area (Å²) in [5.41, 5.74) is 5.93. The first-order valence-corrected chi connectivity index (χ1v) is 6.14. The molecule has 0 fully saturated rings. The third-order valence-corrected chi connectivity index (χ3v) is 2.55. The lowest BCUT2D eigenvalue weighted by molar-refractivity contribution is -0.148. The number of aliphatic carboxylic acids is 1. The molecule has 7 nitrogen and oxygen atoms in total. The van der Waals surface area contributed by atoms with Crippen LogP contribution in [0.2, 0.25) is 0 Å². The molecule has 0 spiro atoms. The molecule has 1 rings (SSSR count). The highest BCUT2D eigenvalue weighted by Gasteiger charge is 2.20. The largest absolute Gasteiger partial charge is 0.493 e. The average molecular weight is 290 g/mol. The molecule has 0 saturated carbocycles. The van der Waals surface area contributed by atoms with E-state index < -0.39 is 24.0 Å². The zero-order valence-corrected chi connectivity index (χ0v) is 11.2. The number of carboxylic acid groups (broad SMARTS) is 1. The fourth-order valence-electron chi connectivity index (χ4n) is 1.54. The van der Waals surface area contributed by atoms with Gasteiger partial charge in [0.05, 0.1) is 24.7 Å². The number of Topliss-reactive ketones (excluding diaryl/α,β-unsaturated/α-hetero) is 2. The number of nitriles is 1. The Morgan fingerprint density at radius 3 is 2.67 bits per heavy atom. The van der Waals surface area contributed by atoms with Gasteiger partial charge in [0.15, 0.2) is 5.78 Å². The summed E-state index contributed by atoms with van der Waals surface area (Å²) in [7, 11) is 0. The quantitative estimate of drug-likeness (QED) is 0.241. The number of benzene rings is 1. The van der Waals surface area contributed by atoms with Crippen LogP contribution in [-0.4, -0.2) is 29.2 Å². The molecule has 21 heavy (non-hydrogen) atoms. The van der Waals surface area contributed by atoms with E-state index in [0.717, 1.165) is 0 Å². The highest BCUT2D eigenvalue weighted by molar-refractivity contribution is 6.37. The van der Waals surface area contributed by atoms with Crippen LogP contribution < -0.4 is 10.5 Å². The van der Waals surface area contributed by atoms with Gasteiger partial charge in [-0.1, -0.05) is 0 Å². The van der Waals surface area contributed by atoms with Crippen molar-refractivity contribution in [3.05, 3.63) is 23.8 Å². The van der Waals surface area contributed by atoms with E-state index in [9.17, 15) is 14.4 Å². The van der Waals surface area contributed by atoms with Gasteiger partial charge in [-0.3, -0.25) is 9.59 Å². The molecule has 7 heteroatoms. The number of hydrogen-bond acceptors (Lipinski definition) is 6. The monoisotopic (exact) mass is 290 g/mol. The molecule has 110 valence electrons. The van der Waals surface area contributed by atoms with Crippen LogP contribution in [0.5, 0.6) is 5.75 Å². The van der Waals surface area contributed by atoms with Gasteiger partial charge in [0.25, 0.3) is 0 Å².